The predicted octanol–water partition coefficient (Wildman–Crippen LogP) is 2.54. The maximum atomic E-state index is 5.56. The van der Waals surface area contributed by atoms with Gasteiger partial charge in [0.2, 0.25) is 0 Å². The molecule has 0 saturated carbocycles. The minimum Gasteiger partial charge on any atom is -0.376 e. The highest BCUT2D eigenvalue weighted by atomic mass is 32.1. The number of hydrogen-bond acceptors (Lipinski definition) is 3. The van der Waals surface area contributed by atoms with E-state index in [9.17, 15) is 0 Å². The van der Waals surface area contributed by atoms with Crippen molar-refractivity contribution in [3.63, 3.8) is 0 Å². The highest BCUT2D eigenvalue weighted by Crippen LogP contribution is 2.23. The van der Waals surface area contributed by atoms with Crippen molar-refractivity contribution >= 4 is 23.0 Å². The molecule has 2 N–H and O–H groups in total. The van der Waals surface area contributed by atoms with Gasteiger partial charge < -0.3 is 10.1 Å². The van der Waals surface area contributed by atoms with E-state index in [0.29, 0.717) is 5.11 Å². The van der Waals surface area contributed by atoms with Crippen LogP contribution in [0.5, 0.6) is 0 Å². The molecule has 1 aromatic rings. The number of thiocarbonyl (C=S) groups is 1. The Labute approximate surface area is 137 Å². The highest BCUT2D eigenvalue weighted by molar-refractivity contribution is 7.80. The van der Waals surface area contributed by atoms with E-state index in [2.05, 4.69) is 34.0 Å². The number of nitrogens with zero attached hydrogens (tertiary/aromatic N) is 1. The lowest BCUT2D eigenvalue weighted by atomic mass is 10.0. The molecule has 5 heteroatoms. The molecule has 1 saturated heterocycles. The van der Waals surface area contributed by atoms with E-state index in [0.717, 1.165) is 37.3 Å². The summed E-state index contributed by atoms with van der Waals surface area (Å²) in [5.41, 5.74) is 7.99. The van der Waals surface area contributed by atoms with Gasteiger partial charge in [0.25, 0.3) is 0 Å². The van der Waals surface area contributed by atoms with Crippen molar-refractivity contribution in [1.29, 1.82) is 0 Å². The summed E-state index contributed by atoms with van der Waals surface area (Å²) in [6, 6.07) is 6.63. The molecule has 4 nitrogen and oxygen atoms in total. The number of ether oxygens (including phenoxy) is 1. The van der Waals surface area contributed by atoms with Crippen LogP contribution in [0, 0.1) is 0 Å². The van der Waals surface area contributed by atoms with Crippen molar-refractivity contribution in [3.8, 4) is 0 Å². The van der Waals surface area contributed by atoms with Crippen molar-refractivity contribution in [2.24, 2.45) is 5.10 Å². The molecule has 2 aliphatic rings. The Morgan fingerprint density at radius 1 is 1.32 bits per heavy atom. The summed E-state index contributed by atoms with van der Waals surface area (Å²) < 4.78 is 5.56. The van der Waals surface area contributed by atoms with Gasteiger partial charge in [0.15, 0.2) is 5.11 Å². The second-order valence-corrected chi connectivity index (χ2v) is 6.40. The van der Waals surface area contributed by atoms with Crippen molar-refractivity contribution in [3.05, 3.63) is 34.9 Å². The van der Waals surface area contributed by atoms with Crippen LogP contribution in [0.1, 0.15) is 42.9 Å². The quantitative estimate of drug-likeness (QED) is 0.509. The lowest BCUT2D eigenvalue weighted by Gasteiger charge is -2.12. The fraction of sp³-hybridized carbons (Fsp3) is 0.529. The van der Waals surface area contributed by atoms with Gasteiger partial charge in [-0.1, -0.05) is 12.1 Å². The number of fused-ring (bicyclic) bond motifs is 1. The van der Waals surface area contributed by atoms with Crippen LogP contribution < -0.4 is 10.7 Å². The van der Waals surface area contributed by atoms with Crippen molar-refractivity contribution in [2.45, 2.75) is 45.1 Å². The van der Waals surface area contributed by atoms with E-state index in [-0.39, 0.29) is 6.10 Å². The molecule has 0 radical (unpaired) electrons. The second-order valence-electron chi connectivity index (χ2n) is 5.99. The van der Waals surface area contributed by atoms with E-state index in [1.54, 1.807) is 0 Å². The minimum atomic E-state index is 0.279. The summed E-state index contributed by atoms with van der Waals surface area (Å²) in [5.74, 6) is 0. The van der Waals surface area contributed by atoms with Crippen molar-refractivity contribution in [2.75, 3.05) is 13.2 Å². The van der Waals surface area contributed by atoms with Gasteiger partial charge in [-0.25, -0.2) is 0 Å². The molecule has 118 valence electrons. The first-order chi connectivity index (χ1) is 10.7. The van der Waals surface area contributed by atoms with Crippen LogP contribution in [0.2, 0.25) is 0 Å². The Balaban J connectivity index is 1.51. The largest absolute Gasteiger partial charge is 0.376 e. The maximum Gasteiger partial charge on any atom is 0.187 e. The van der Waals surface area contributed by atoms with Crippen LogP contribution in [0.25, 0.3) is 0 Å². The third kappa shape index (κ3) is 3.84. The van der Waals surface area contributed by atoms with E-state index < -0.39 is 0 Å². The number of aryl methyl sites for hydroxylation is 2. The molecule has 1 aromatic carbocycles. The number of hydrogen-bond donors (Lipinski definition) is 2. The normalized spacial score (nSPS) is 20.8. The molecule has 1 heterocycles. The molecule has 1 unspecified atom stereocenters. The van der Waals surface area contributed by atoms with Crippen LogP contribution in [-0.4, -0.2) is 30.1 Å². The van der Waals surface area contributed by atoms with Gasteiger partial charge in [-0.2, -0.15) is 5.10 Å². The number of nitrogens with one attached hydrogen (secondary N) is 2. The first-order valence-corrected chi connectivity index (χ1v) is 8.45. The minimum absolute atomic E-state index is 0.279. The van der Waals surface area contributed by atoms with Crippen LogP contribution in [0.3, 0.4) is 0 Å². The Morgan fingerprint density at radius 2 is 2.18 bits per heavy atom. The fourth-order valence-electron chi connectivity index (χ4n) is 3.05. The van der Waals surface area contributed by atoms with Crippen molar-refractivity contribution in [1.82, 2.24) is 10.7 Å². The van der Waals surface area contributed by atoms with Gasteiger partial charge >= 0.3 is 0 Å². The molecule has 1 fully saturated rings. The summed E-state index contributed by atoms with van der Waals surface area (Å²) in [5, 5.41) is 8.10. The molecule has 0 bridgehead atoms. The third-order valence-electron chi connectivity index (χ3n) is 4.36. The van der Waals surface area contributed by atoms with Crippen LogP contribution >= 0.6 is 12.2 Å². The SMILES string of the molecule is C/C(=N\NC(=S)NCC1CCCO1)c1ccc2c(c1)CCC2. The monoisotopic (exact) mass is 317 g/mol. The van der Waals surface area contributed by atoms with Gasteiger partial charge in [0, 0.05) is 13.2 Å². The zero-order chi connectivity index (χ0) is 15.4. The molecular weight excluding hydrogens is 294 g/mol. The fourth-order valence-corrected chi connectivity index (χ4v) is 3.18. The van der Waals surface area contributed by atoms with Gasteiger partial charge in [-0.15, -0.1) is 0 Å². The number of benzene rings is 1. The first kappa shape index (κ1) is 15.4. The van der Waals surface area contributed by atoms with E-state index in [1.165, 1.54) is 30.4 Å². The number of rotatable bonds is 4. The van der Waals surface area contributed by atoms with Gasteiger partial charge in [-0.3, -0.25) is 5.43 Å². The Bertz CT molecular complexity index is 579. The van der Waals surface area contributed by atoms with Gasteiger partial charge in [-0.05, 0) is 74.0 Å². The molecular formula is C17H23N3OS. The molecule has 0 amide bonds. The average Bonchev–Trinajstić information content (AvgIpc) is 3.20. The zero-order valence-electron chi connectivity index (χ0n) is 13.0. The second kappa shape index (κ2) is 7.20. The summed E-state index contributed by atoms with van der Waals surface area (Å²) >= 11 is 5.25. The Kier molecular flexibility index (Phi) is 5.05. The summed E-state index contributed by atoms with van der Waals surface area (Å²) in [4.78, 5) is 0. The van der Waals surface area contributed by atoms with Crippen LogP contribution in [0.15, 0.2) is 23.3 Å². The Morgan fingerprint density at radius 3 is 3.00 bits per heavy atom. The molecule has 0 spiro atoms. The van der Waals surface area contributed by atoms with E-state index in [4.69, 9.17) is 17.0 Å². The summed E-state index contributed by atoms with van der Waals surface area (Å²) in [6.45, 7) is 3.62. The Hall–Kier alpha value is -1.46. The molecule has 1 atom stereocenters. The van der Waals surface area contributed by atoms with E-state index in [1.807, 2.05) is 6.92 Å². The number of hydrazone groups is 1. The lowest BCUT2D eigenvalue weighted by Crippen LogP contribution is -2.37. The summed E-state index contributed by atoms with van der Waals surface area (Å²) in [6.07, 6.45) is 6.19. The van der Waals surface area contributed by atoms with Crippen LogP contribution in [-0.2, 0) is 17.6 Å². The third-order valence-corrected chi connectivity index (χ3v) is 4.59. The molecule has 0 aromatic heterocycles. The standard InChI is InChI=1S/C17H23N3OS/c1-12(14-8-7-13-4-2-5-15(13)10-14)19-20-17(22)18-11-16-6-3-9-21-16/h7-8,10,16H,2-6,9,11H2,1H3,(H2,18,20,22)/b19-12+. The lowest BCUT2D eigenvalue weighted by molar-refractivity contribution is 0.114. The first-order valence-electron chi connectivity index (χ1n) is 8.04. The zero-order valence-corrected chi connectivity index (χ0v) is 13.8. The highest BCUT2D eigenvalue weighted by Gasteiger charge is 2.15. The molecule has 22 heavy (non-hydrogen) atoms. The summed E-state index contributed by atoms with van der Waals surface area (Å²) in [7, 11) is 0. The van der Waals surface area contributed by atoms with Crippen LogP contribution in [0.4, 0.5) is 0 Å². The van der Waals surface area contributed by atoms with E-state index >= 15 is 0 Å². The molecule has 1 aliphatic heterocycles. The topological polar surface area (TPSA) is 45.7 Å². The molecule has 3 rings (SSSR count). The average molecular weight is 317 g/mol. The van der Waals surface area contributed by atoms with Gasteiger partial charge in [0.1, 0.15) is 0 Å². The van der Waals surface area contributed by atoms with Gasteiger partial charge in [0.05, 0.1) is 11.8 Å². The maximum absolute atomic E-state index is 5.56. The molecule has 1 aliphatic carbocycles. The van der Waals surface area contributed by atoms with Crippen molar-refractivity contribution < 1.29 is 4.74 Å². The predicted molar refractivity (Wildman–Crippen MR) is 93.4 cm³/mol. The smallest absolute Gasteiger partial charge is 0.187 e.